The lowest BCUT2D eigenvalue weighted by atomic mass is 10.1. The normalized spacial score (nSPS) is 10.5. The summed E-state index contributed by atoms with van der Waals surface area (Å²) < 4.78 is 17.1. The van der Waals surface area contributed by atoms with E-state index in [-0.39, 0.29) is 5.56 Å². The third-order valence-corrected chi connectivity index (χ3v) is 5.22. The third kappa shape index (κ3) is 5.72. The van der Waals surface area contributed by atoms with Crippen molar-refractivity contribution in [1.82, 2.24) is 0 Å². The van der Waals surface area contributed by atoms with Crippen molar-refractivity contribution in [3.05, 3.63) is 82.4 Å². The summed E-state index contributed by atoms with van der Waals surface area (Å²) in [5, 5.41) is 12.7. The lowest BCUT2D eigenvalue weighted by Gasteiger charge is -2.17. The Morgan fingerprint density at radius 3 is 2.12 bits per heavy atom. The molecule has 0 aliphatic rings. The van der Waals surface area contributed by atoms with Crippen LogP contribution in [0.25, 0.3) is 0 Å². The maximum Gasteiger partial charge on any atom is 0.337 e. The molecular weight excluding hydrogens is 406 g/mol. The second-order valence-corrected chi connectivity index (χ2v) is 7.60. The highest BCUT2D eigenvalue weighted by Gasteiger charge is 2.16. The Hall–Kier alpha value is -3.67. The quantitative estimate of drug-likeness (QED) is 0.453. The van der Waals surface area contributed by atoms with Gasteiger partial charge in [-0.1, -0.05) is 41.5 Å². The van der Waals surface area contributed by atoms with E-state index in [1.54, 1.807) is 26.4 Å². The minimum atomic E-state index is -0.979. The van der Waals surface area contributed by atoms with Gasteiger partial charge in [0.25, 0.3) is 0 Å². The number of methoxy groups -OCH3 is 2. The van der Waals surface area contributed by atoms with E-state index in [0.717, 1.165) is 17.5 Å². The molecule has 0 aliphatic carbocycles. The monoisotopic (exact) mass is 435 g/mol. The number of anilines is 1. The summed E-state index contributed by atoms with van der Waals surface area (Å²) in [5.74, 6) is 0.876. The molecular formula is C26H29NO5. The van der Waals surface area contributed by atoms with E-state index in [1.165, 1.54) is 11.1 Å². The van der Waals surface area contributed by atoms with E-state index in [1.807, 2.05) is 25.1 Å². The number of carbonyl (C=O) groups is 1. The summed E-state index contributed by atoms with van der Waals surface area (Å²) in [6.07, 6.45) is 0.791. The second-order valence-electron chi connectivity index (χ2n) is 7.60. The number of hydrogen-bond donors (Lipinski definition) is 2. The predicted molar refractivity (Wildman–Crippen MR) is 125 cm³/mol. The van der Waals surface area contributed by atoms with Crippen LogP contribution in [0.1, 0.15) is 32.6 Å². The van der Waals surface area contributed by atoms with Gasteiger partial charge in [0.15, 0.2) is 0 Å². The van der Waals surface area contributed by atoms with Crippen LogP contribution in [0.15, 0.2) is 54.6 Å². The van der Waals surface area contributed by atoms with E-state index in [4.69, 9.17) is 14.2 Å². The Morgan fingerprint density at radius 2 is 1.53 bits per heavy atom. The topological polar surface area (TPSA) is 77.0 Å². The highest BCUT2D eigenvalue weighted by molar-refractivity contribution is 5.94. The van der Waals surface area contributed by atoms with Crippen molar-refractivity contribution in [1.29, 1.82) is 0 Å². The molecule has 32 heavy (non-hydrogen) atoms. The zero-order valence-corrected chi connectivity index (χ0v) is 18.9. The van der Waals surface area contributed by atoms with Crippen molar-refractivity contribution < 1.29 is 24.1 Å². The molecule has 0 fully saturated rings. The van der Waals surface area contributed by atoms with Gasteiger partial charge in [-0.3, -0.25) is 0 Å². The molecule has 3 aromatic rings. The van der Waals surface area contributed by atoms with E-state index in [0.29, 0.717) is 36.1 Å². The number of aromatic carboxylic acids is 1. The van der Waals surface area contributed by atoms with Gasteiger partial charge in [0.1, 0.15) is 17.2 Å². The van der Waals surface area contributed by atoms with Gasteiger partial charge >= 0.3 is 5.97 Å². The molecule has 0 aliphatic heterocycles. The van der Waals surface area contributed by atoms with Crippen LogP contribution in [0.3, 0.4) is 0 Å². The number of carboxylic acid groups (broad SMARTS) is 1. The maximum absolute atomic E-state index is 11.6. The van der Waals surface area contributed by atoms with Gasteiger partial charge in [0.05, 0.1) is 32.0 Å². The van der Waals surface area contributed by atoms with Crippen LogP contribution in [0.5, 0.6) is 17.2 Å². The number of hydrogen-bond acceptors (Lipinski definition) is 5. The van der Waals surface area contributed by atoms with E-state index >= 15 is 0 Å². The number of ether oxygens (including phenoxy) is 3. The van der Waals surface area contributed by atoms with E-state index in [2.05, 4.69) is 36.5 Å². The zero-order valence-electron chi connectivity index (χ0n) is 18.9. The number of nitrogens with one attached hydrogen (secondary N) is 1. The lowest BCUT2D eigenvalue weighted by molar-refractivity contribution is 0.0698. The molecule has 0 saturated heterocycles. The zero-order chi connectivity index (χ0) is 23.1. The third-order valence-electron chi connectivity index (χ3n) is 5.22. The molecule has 0 spiro atoms. The first-order valence-corrected chi connectivity index (χ1v) is 10.4. The molecule has 0 aromatic heterocycles. The van der Waals surface area contributed by atoms with Crippen LogP contribution in [0, 0.1) is 13.8 Å². The molecule has 0 heterocycles. The van der Waals surface area contributed by atoms with Crippen LogP contribution >= 0.6 is 0 Å². The van der Waals surface area contributed by atoms with E-state index < -0.39 is 5.97 Å². The van der Waals surface area contributed by atoms with Gasteiger partial charge in [0.2, 0.25) is 0 Å². The SMILES string of the molecule is COc1cc(OCCc2ccc(C)cc2)cc(OC)c1CNc1ccc(C)cc1C(=O)O. The van der Waals surface area contributed by atoms with Crippen LogP contribution in [-0.4, -0.2) is 31.9 Å². The first kappa shape index (κ1) is 23.0. The van der Waals surface area contributed by atoms with Crippen LogP contribution in [0.2, 0.25) is 0 Å². The Morgan fingerprint density at radius 1 is 0.906 bits per heavy atom. The molecule has 0 saturated carbocycles. The Bertz CT molecular complexity index is 1050. The highest BCUT2D eigenvalue weighted by Crippen LogP contribution is 2.35. The average molecular weight is 436 g/mol. The molecule has 6 heteroatoms. The van der Waals surface area contributed by atoms with Crippen molar-refractivity contribution in [3.8, 4) is 17.2 Å². The Balaban J connectivity index is 1.74. The van der Waals surface area contributed by atoms with Gasteiger partial charge < -0.3 is 24.6 Å². The molecule has 6 nitrogen and oxygen atoms in total. The first-order chi connectivity index (χ1) is 15.4. The van der Waals surface area contributed by atoms with Crippen molar-refractivity contribution in [2.24, 2.45) is 0 Å². The fraction of sp³-hybridized carbons (Fsp3) is 0.269. The predicted octanol–water partition coefficient (Wildman–Crippen LogP) is 5.25. The summed E-state index contributed by atoms with van der Waals surface area (Å²) in [4.78, 5) is 11.6. The molecule has 168 valence electrons. The highest BCUT2D eigenvalue weighted by atomic mass is 16.5. The summed E-state index contributed by atoms with van der Waals surface area (Å²) >= 11 is 0. The van der Waals surface area contributed by atoms with Crippen LogP contribution in [0.4, 0.5) is 5.69 Å². The smallest absolute Gasteiger partial charge is 0.337 e. The molecule has 0 radical (unpaired) electrons. The summed E-state index contributed by atoms with van der Waals surface area (Å²) in [6, 6.07) is 17.3. The fourth-order valence-corrected chi connectivity index (χ4v) is 3.43. The van der Waals surface area contributed by atoms with Crippen LogP contribution < -0.4 is 19.5 Å². The molecule has 2 N–H and O–H groups in total. The lowest BCUT2D eigenvalue weighted by Crippen LogP contribution is -2.09. The van der Waals surface area contributed by atoms with Gasteiger partial charge in [-0.25, -0.2) is 4.79 Å². The molecule has 0 amide bonds. The largest absolute Gasteiger partial charge is 0.496 e. The Labute approximate surface area is 188 Å². The van der Waals surface area contributed by atoms with Crippen molar-refractivity contribution in [2.45, 2.75) is 26.8 Å². The van der Waals surface area contributed by atoms with Crippen molar-refractivity contribution in [2.75, 3.05) is 26.1 Å². The number of benzene rings is 3. The maximum atomic E-state index is 11.6. The average Bonchev–Trinajstić information content (AvgIpc) is 2.79. The van der Waals surface area contributed by atoms with Gasteiger partial charge in [0, 0.05) is 30.8 Å². The summed E-state index contributed by atoms with van der Waals surface area (Å²) in [6.45, 7) is 4.79. The van der Waals surface area contributed by atoms with Gasteiger partial charge in [-0.2, -0.15) is 0 Å². The minimum absolute atomic E-state index is 0.221. The molecule has 3 rings (SSSR count). The van der Waals surface area contributed by atoms with Gasteiger partial charge in [-0.15, -0.1) is 0 Å². The van der Waals surface area contributed by atoms with Gasteiger partial charge in [-0.05, 0) is 31.5 Å². The first-order valence-electron chi connectivity index (χ1n) is 10.4. The van der Waals surface area contributed by atoms with Crippen molar-refractivity contribution in [3.63, 3.8) is 0 Å². The fourth-order valence-electron chi connectivity index (χ4n) is 3.43. The number of rotatable bonds is 10. The van der Waals surface area contributed by atoms with Crippen LogP contribution in [-0.2, 0) is 13.0 Å². The summed E-state index contributed by atoms with van der Waals surface area (Å²) in [5.41, 5.74) is 4.86. The molecule has 0 atom stereocenters. The van der Waals surface area contributed by atoms with E-state index in [9.17, 15) is 9.90 Å². The van der Waals surface area contributed by atoms with Crippen molar-refractivity contribution >= 4 is 11.7 Å². The number of carboxylic acids is 1. The minimum Gasteiger partial charge on any atom is -0.496 e. The molecule has 0 unspecified atom stereocenters. The number of aryl methyl sites for hydroxylation is 2. The molecule has 3 aromatic carbocycles. The Kier molecular flexibility index (Phi) is 7.60. The summed E-state index contributed by atoms with van der Waals surface area (Å²) in [7, 11) is 3.17. The standard InChI is InChI=1S/C26H29NO5/c1-17-5-8-19(9-6-17)11-12-32-20-14-24(30-3)22(25(15-20)31-4)16-27-23-10-7-18(2)13-21(23)26(28)29/h5-10,13-15,27H,11-12,16H2,1-4H3,(H,28,29). The second kappa shape index (κ2) is 10.6. The molecule has 0 bridgehead atoms.